The second-order valence-corrected chi connectivity index (χ2v) is 28.8. The highest BCUT2D eigenvalue weighted by molar-refractivity contribution is 5.96. The number of ether oxygens (including phenoxy) is 10. The number of nitrogens with one attached hydrogen (secondary N) is 2. The van der Waals surface area contributed by atoms with Crippen LogP contribution in [0.25, 0.3) is 0 Å². The number of amides is 2. The van der Waals surface area contributed by atoms with Crippen LogP contribution in [0.2, 0.25) is 0 Å². The minimum atomic E-state index is -0.935. The predicted octanol–water partition coefficient (Wildman–Crippen LogP) is 12.6. The van der Waals surface area contributed by atoms with Crippen LogP contribution in [0.1, 0.15) is 94.0 Å². The maximum Gasteiger partial charge on any atom is 0.307 e. The molecule has 34 heteroatoms. The molecule has 2 amide bonds. The number of aliphatic carboxylic acids is 1. The van der Waals surface area contributed by atoms with Gasteiger partial charge in [0.15, 0.2) is 89.6 Å². The molecule has 0 unspecified atom stereocenters. The topological polar surface area (TPSA) is 354 Å². The van der Waals surface area contributed by atoms with Gasteiger partial charge < -0.3 is 73.0 Å². The van der Waals surface area contributed by atoms with Crippen molar-refractivity contribution in [1.29, 1.82) is 0 Å². The Balaban J connectivity index is 0.000000155. The van der Waals surface area contributed by atoms with Gasteiger partial charge in [0.25, 0.3) is 0 Å². The molecule has 0 spiro atoms. The van der Waals surface area contributed by atoms with Gasteiger partial charge in [0.2, 0.25) is 11.8 Å². The zero-order valence-corrected chi connectivity index (χ0v) is 66.2. The minimum Gasteiger partial charge on any atom is -0.505 e. The molecule has 4 saturated carbocycles. The molecule has 4 aliphatic carbocycles. The first-order valence-electron chi connectivity index (χ1n) is 37.0. The molecular weight excluding hydrogens is 1550 g/mol. The second-order valence-electron chi connectivity index (χ2n) is 28.8. The van der Waals surface area contributed by atoms with Crippen molar-refractivity contribution in [3.63, 3.8) is 0 Å². The standard InChI is InChI=1S/C24H24F2N4O4.C22H20F2N4O3.C19H21FN2O5.C19H21FN2O4/c1-14-21(11-27-15(2)29-14)33-12-24(16-4-6-20(19(26)8-16)34-13-32-3)9-18(24)23(31)30-22-7-5-17(25)10-28-22;1-12-19(10-25-13(2)27-12)31-11-22(14-3-5-18(29)17(24)7-14)8-16(22)21(30)28-20-6-4-15(23)9-26-20;1-11-17(8-21-12(2)22-11)26-9-19(7-14(19)18(23)24)13-4-5-16(15(20)6-13)27-10-25-3;1-12-18(8-21-13(2)22-12)25-10-19(7-15(19)9-23)14-4-5-17(16(20)6-14)26-11-24-3/h4-8,10-11,18H,9,12-13H2,1-3H3,(H,28,30,31);3-7,9-10,16,29H,8,11H2,1-2H3,(H,26,28,30);4-6,8,14H,7,9-10H2,1-3H3,(H,23,24);4-6,8-9,15H,7,10-11H2,1-3H3/t18-,24+;16-,22+;14-,19+;15-,19+/m0000/s1. The lowest BCUT2D eigenvalue weighted by atomic mass is 9.93. The monoisotopic (exact) mass is 1630 g/mol. The molecule has 4 aliphatic rings. The smallest absolute Gasteiger partial charge is 0.307 e. The predicted molar refractivity (Wildman–Crippen MR) is 411 cm³/mol. The van der Waals surface area contributed by atoms with Crippen molar-refractivity contribution in [2.24, 2.45) is 23.7 Å². The van der Waals surface area contributed by atoms with E-state index in [4.69, 9.17) is 47.4 Å². The number of carbonyl (C=O) groups is 4. The van der Waals surface area contributed by atoms with Crippen LogP contribution in [0.15, 0.2) is 134 Å². The van der Waals surface area contributed by atoms with E-state index in [0.29, 0.717) is 111 Å². The maximum atomic E-state index is 14.7. The number of carboxylic acid groups (broad SMARTS) is 1. The Morgan fingerprint density at radius 2 is 0.712 bits per heavy atom. The van der Waals surface area contributed by atoms with E-state index in [1.807, 2.05) is 6.92 Å². The number of halogens is 6. The number of pyridine rings is 2. The number of anilines is 2. The first-order chi connectivity index (χ1) is 56.5. The molecule has 118 heavy (non-hydrogen) atoms. The zero-order valence-electron chi connectivity index (χ0n) is 66.2. The number of rotatable bonds is 31. The highest BCUT2D eigenvalue weighted by Crippen LogP contribution is 2.59. The maximum absolute atomic E-state index is 14.7. The number of aromatic nitrogens is 10. The van der Waals surface area contributed by atoms with Crippen LogP contribution in [-0.2, 0) is 55.0 Å². The van der Waals surface area contributed by atoms with Gasteiger partial charge in [0.1, 0.15) is 52.9 Å². The third-order valence-corrected chi connectivity index (χ3v) is 20.6. The zero-order chi connectivity index (χ0) is 84.8. The Bertz CT molecular complexity index is 5280. The number of benzene rings is 4. The van der Waals surface area contributed by atoms with E-state index < -0.39 is 86.0 Å². The lowest BCUT2D eigenvalue weighted by molar-refractivity contribution is -0.139. The van der Waals surface area contributed by atoms with Gasteiger partial charge in [-0.3, -0.25) is 14.4 Å². The third-order valence-electron chi connectivity index (χ3n) is 20.6. The summed E-state index contributed by atoms with van der Waals surface area (Å²) < 4.78 is 137. The van der Waals surface area contributed by atoms with Crippen LogP contribution < -0.4 is 43.8 Å². The first kappa shape index (κ1) is 86.3. The summed E-state index contributed by atoms with van der Waals surface area (Å²) in [5, 5.41) is 24.4. The summed E-state index contributed by atoms with van der Waals surface area (Å²) in [5.74, 6) is -2.26. The van der Waals surface area contributed by atoms with Crippen LogP contribution in [0.4, 0.5) is 38.0 Å². The van der Waals surface area contributed by atoms with Crippen LogP contribution in [0.5, 0.6) is 46.0 Å². The van der Waals surface area contributed by atoms with Crippen molar-refractivity contribution in [2.75, 3.05) is 78.8 Å². The van der Waals surface area contributed by atoms with Crippen molar-refractivity contribution in [3.8, 4) is 46.0 Å². The largest absolute Gasteiger partial charge is 0.505 e. The second kappa shape index (κ2) is 37.6. The van der Waals surface area contributed by atoms with E-state index in [2.05, 4.69) is 60.5 Å². The van der Waals surface area contributed by atoms with Crippen LogP contribution >= 0.6 is 0 Å². The summed E-state index contributed by atoms with van der Waals surface area (Å²) in [7, 11) is 4.35. The molecule has 4 fully saturated rings. The molecule has 4 aromatic carbocycles. The van der Waals surface area contributed by atoms with Crippen molar-refractivity contribution >= 4 is 35.7 Å². The van der Waals surface area contributed by atoms with Gasteiger partial charge in [0, 0.05) is 48.9 Å². The van der Waals surface area contributed by atoms with E-state index in [-0.39, 0.29) is 93.4 Å². The number of nitrogens with zero attached hydrogens (tertiary/aromatic N) is 10. The van der Waals surface area contributed by atoms with Gasteiger partial charge in [-0.1, -0.05) is 24.3 Å². The summed E-state index contributed by atoms with van der Waals surface area (Å²) >= 11 is 0. The number of methoxy groups -OCH3 is 3. The number of aromatic hydroxyl groups is 1. The van der Waals surface area contributed by atoms with Crippen molar-refractivity contribution in [1.82, 2.24) is 49.8 Å². The number of hydrogen-bond acceptors (Lipinski definition) is 25. The number of phenols is 1. The van der Waals surface area contributed by atoms with E-state index in [9.17, 15) is 55.7 Å². The lowest BCUT2D eigenvalue weighted by Crippen LogP contribution is -2.27. The summed E-state index contributed by atoms with van der Waals surface area (Å²) in [4.78, 5) is 90.1. The minimum absolute atomic E-state index is 0.0335. The van der Waals surface area contributed by atoms with Gasteiger partial charge in [-0.2, -0.15) is 0 Å². The SMILES string of the molecule is COCOc1ccc([C@]2(COc3cnc(C)nc3C)C[C@H]2C(=O)Nc2ccc(F)cn2)cc1F.COCOc1ccc([C@]2(COc3cnc(C)nc3C)C[C@H]2C(=O)O)cc1F.COCOc1ccc([C@]2(COc3cnc(C)nc3C)C[C@H]2C=O)cc1F.Cc1ncc(OC[C@@]2(c3ccc(O)c(F)c3)C[C@H]2C(=O)Nc2ccc(F)cn2)c(C)n1. The van der Waals surface area contributed by atoms with Crippen molar-refractivity contribution in [2.45, 2.75) is 103 Å². The van der Waals surface area contributed by atoms with Gasteiger partial charge in [-0.15, -0.1) is 0 Å². The third kappa shape index (κ3) is 20.6. The van der Waals surface area contributed by atoms with E-state index >= 15 is 0 Å². The molecule has 8 atom stereocenters. The van der Waals surface area contributed by atoms with Crippen molar-refractivity contribution < 1.29 is 103 Å². The summed E-state index contributed by atoms with van der Waals surface area (Å²) in [6.45, 7) is 14.7. The highest BCUT2D eigenvalue weighted by Gasteiger charge is 2.63. The van der Waals surface area contributed by atoms with Gasteiger partial charge >= 0.3 is 5.97 Å². The van der Waals surface area contributed by atoms with Gasteiger partial charge in [-0.05, 0) is 176 Å². The lowest BCUT2D eigenvalue weighted by Gasteiger charge is -2.20. The number of carbonyl (C=O) groups excluding carboxylic acids is 3. The molecule has 4 N–H and O–H groups in total. The molecule has 10 aromatic rings. The molecule has 620 valence electrons. The molecule has 0 saturated heterocycles. The summed E-state index contributed by atoms with van der Waals surface area (Å²) in [5.41, 5.74) is 2.15. The van der Waals surface area contributed by atoms with E-state index in [0.717, 1.165) is 24.4 Å². The number of phenolic OH excluding ortho intramolecular Hbond substituents is 1. The Labute approximate surface area is 674 Å². The molecule has 6 aromatic heterocycles. The van der Waals surface area contributed by atoms with Crippen LogP contribution in [0.3, 0.4) is 0 Å². The Morgan fingerprint density at radius 1 is 0.398 bits per heavy atom. The number of carboxylic acids is 1. The Hall–Kier alpha value is -12.6. The Morgan fingerprint density at radius 3 is 0.992 bits per heavy atom. The molecular formula is C84H86F6N12O16. The molecule has 6 heterocycles. The van der Waals surface area contributed by atoms with Crippen molar-refractivity contribution in [3.05, 3.63) is 237 Å². The van der Waals surface area contributed by atoms with Crippen LogP contribution in [0, 0.1) is 114 Å². The molecule has 14 rings (SSSR count). The molecule has 0 radical (unpaired) electrons. The fraction of sp³-hybridized carbons (Fsp3) is 0.357. The fourth-order valence-corrected chi connectivity index (χ4v) is 13.7. The van der Waals surface area contributed by atoms with E-state index in [1.165, 1.54) is 88.1 Å². The quantitative estimate of drug-likeness (QED) is 0.0178. The summed E-state index contributed by atoms with van der Waals surface area (Å²) in [6, 6.07) is 22.9. The number of hydrogen-bond donors (Lipinski definition) is 4. The molecule has 0 aliphatic heterocycles. The van der Waals surface area contributed by atoms with Gasteiger partial charge in [0.05, 0.1) is 104 Å². The Kier molecular flexibility index (Phi) is 27.5. The van der Waals surface area contributed by atoms with Gasteiger partial charge in [-0.25, -0.2) is 76.2 Å². The number of aryl methyl sites for hydroxylation is 8. The fourth-order valence-electron chi connectivity index (χ4n) is 13.7. The average molecular weight is 1630 g/mol. The molecule has 0 bridgehead atoms. The van der Waals surface area contributed by atoms with Crippen LogP contribution in [-0.4, -0.2) is 152 Å². The summed E-state index contributed by atoms with van der Waals surface area (Å²) in [6.07, 6.45) is 11.0. The van der Waals surface area contributed by atoms with E-state index in [1.54, 1.807) is 104 Å². The highest BCUT2D eigenvalue weighted by atomic mass is 19.1. The normalized spacial score (nSPS) is 20.1. The molecule has 28 nitrogen and oxygen atoms in total. The number of aldehydes is 1. The average Bonchev–Trinajstić information content (AvgIpc) is 1.34. The first-order valence-corrected chi connectivity index (χ1v) is 37.0.